The molecule has 7 heteroatoms. The Kier molecular flexibility index (Phi) is 5.92. The van der Waals surface area contributed by atoms with E-state index in [9.17, 15) is 4.79 Å². The van der Waals surface area contributed by atoms with Crippen molar-refractivity contribution in [3.63, 3.8) is 0 Å². The van der Waals surface area contributed by atoms with Gasteiger partial charge in [0.1, 0.15) is 5.01 Å². The lowest BCUT2D eigenvalue weighted by Crippen LogP contribution is -2.20. The molecular weight excluding hydrogens is 314 g/mol. The zero-order chi connectivity index (χ0) is 16.8. The van der Waals surface area contributed by atoms with E-state index in [1.54, 1.807) is 13.2 Å². The predicted molar refractivity (Wildman–Crippen MR) is 90.3 cm³/mol. The maximum absolute atomic E-state index is 11.9. The maximum Gasteiger partial charge on any atom is 0.264 e. The van der Waals surface area contributed by atoms with Crippen molar-refractivity contribution in [1.29, 1.82) is 0 Å². The fourth-order valence-corrected chi connectivity index (χ4v) is 2.90. The van der Waals surface area contributed by atoms with Gasteiger partial charge in [-0.2, -0.15) is 0 Å². The van der Waals surface area contributed by atoms with Gasteiger partial charge < -0.3 is 9.47 Å². The Bertz CT molecular complexity index is 670. The van der Waals surface area contributed by atoms with Gasteiger partial charge in [-0.1, -0.05) is 31.3 Å². The number of hydrogen-bond donors (Lipinski definition) is 1. The molecule has 0 aliphatic carbocycles. The summed E-state index contributed by atoms with van der Waals surface area (Å²) in [7, 11) is 1.57. The van der Waals surface area contributed by atoms with Gasteiger partial charge in [0.2, 0.25) is 5.13 Å². The average Bonchev–Trinajstić information content (AvgIpc) is 2.91. The third-order valence-electron chi connectivity index (χ3n) is 2.97. The summed E-state index contributed by atoms with van der Waals surface area (Å²) in [6.45, 7) is 6.08. The number of hydrogen-bond acceptors (Lipinski definition) is 6. The van der Waals surface area contributed by atoms with Crippen LogP contribution in [-0.4, -0.2) is 29.8 Å². The van der Waals surface area contributed by atoms with Crippen molar-refractivity contribution in [2.45, 2.75) is 27.2 Å². The van der Waals surface area contributed by atoms with E-state index in [4.69, 9.17) is 9.47 Å². The van der Waals surface area contributed by atoms with Gasteiger partial charge in [-0.25, -0.2) is 0 Å². The first kappa shape index (κ1) is 17.2. The van der Waals surface area contributed by atoms with Gasteiger partial charge in [0, 0.05) is 6.42 Å². The molecule has 1 amide bonds. The highest BCUT2D eigenvalue weighted by Gasteiger charge is 2.11. The topological polar surface area (TPSA) is 73.3 Å². The van der Waals surface area contributed by atoms with Crippen LogP contribution >= 0.6 is 11.3 Å². The van der Waals surface area contributed by atoms with Gasteiger partial charge in [0.15, 0.2) is 18.1 Å². The summed E-state index contributed by atoms with van der Waals surface area (Å²) < 4.78 is 10.7. The van der Waals surface area contributed by atoms with Crippen LogP contribution in [0.1, 0.15) is 24.4 Å². The molecule has 0 aliphatic rings. The number of aromatic nitrogens is 2. The van der Waals surface area contributed by atoms with Gasteiger partial charge in [0.05, 0.1) is 7.11 Å². The van der Waals surface area contributed by atoms with Gasteiger partial charge in [-0.15, -0.1) is 10.2 Å². The third kappa shape index (κ3) is 5.21. The minimum atomic E-state index is -0.278. The number of amides is 1. The number of aryl methyl sites for hydroxylation is 1. The number of carbonyl (C=O) groups excluding carboxylic acids is 1. The quantitative estimate of drug-likeness (QED) is 0.842. The first-order valence-corrected chi connectivity index (χ1v) is 8.19. The van der Waals surface area contributed by atoms with Crippen LogP contribution in [0.5, 0.6) is 11.5 Å². The second-order valence-corrected chi connectivity index (χ2v) is 6.65. The van der Waals surface area contributed by atoms with Crippen LogP contribution in [0.3, 0.4) is 0 Å². The monoisotopic (exact) mass is 335 g/mol. The molecule has 0 saturated carbocycles. The average molecular weight is 335 g/mol. The zero-order valence-corrected chi connectivity index (χ0v) is 14.6. The second kappa shape index (κ2) is 7.92. The van der Waals surface area contributed by atoms with Crippen LogP contribution in [0, 0.1) is 12.8 Å². The van der Waals surface area contributed by atoms with Crippen molar-refractivity contribution in [3.05, 3.63) is 28.8 Å². The highest BCUT2D eigenvalue weighted by molar-refractivity contribution is 7.15. The Hall–Kier alpha value is -2.15. The van der Waals surface area contributed by atoms with Crippen molar-refractivity contribution in [3.8, 4) is 11.5 Å². The lowest BCUT2D eigenvalue weighted by Gasteiger charge is -2.10. The highest BCUT2D eigenvalue weighted by Crippen LogP contribution is 2.27. The summed E-state index contributed by atoms with van der Waals surface area (Å²) in [4.78, 5) is 11.9. The summed E-state index contributed by atoms with van der Waals surface area (Å²) >= 11 is 1.39. The molecule has 2 rings (SSSR count). The van der Waals surface area contributed by atoms with Crippen molar-refractivity contribution in [1.82, 2.24) is 10.2 Å². The molecule has 0 radical (unpaired) electrons. The summed E-state index contributed by atoms with van der Waals surface area (Å²) in [5, 5.41) is 12.1. The van der Waals surface area contributed by atoms with Crippen LogP contribution in [0.25, 0.3) is 0 Å². The Morgan fingerprint density at radius 1 is 1.30 bits per heavy atom. The van der Waals surface area contributed by atoms with Crippen LogP contribution in [0.4, 0.5) is 5.13 Å². The molecule has 2 aromatic rings. The summed E-state index contributed by atoms with van der Waals surface area (Å²) in [6.07, 6.45) is 0.852. The highest BCUT2D eigenvalue weighted by atomic mass is 32.1. The molecule has 0 fully saturated rings. The molecule has 23 heavy (non-hydrogen) atoms. The van der Waals surface area contributed by atoms with Crippen LogP contribution in [0.15, 0.2) is 18.2 Å². The first-order valence-electron chi connectivity index (χ1n) is 7.37. The van der Waals surface area contributed by atoms with Gasteiger partial charge >= 0.3 is 0 Å². The minimum absolute atomic E-state index is 0.113. The van der Waals surface area contributed by atoms with E-state index in [0.29, 0.717) is 22.5 Å². The lowest BCUT2D eigenvalue weighted by molar-refractivity contribution is -0.118. The number of benzene rings is 1. The molecule has 1 N–H and O–H groups in total. The Balaban J connectivity index is 1.89. The fraction of sp³-hybridized carbons (Fsp3) is 0.438. The molecule has 6 nitrogen and oxygen atoms in total. The number of anilines is 1. The molecular formula is C16H21N3O3S. The molecule has 0 bridgehead atoms. The van der Waals surface area contributed by atoms with Crippen LogP contribution < -0.4 is 14.8 Å². The number of rotatable bonds is 7. The van der Waals surface area contributed by atoms with Crippen molar-refractivity contribution in [2.75, 3.05) is 19.0 Å². The molecule has 0 aliphatic heterocycles. The normalized spacial score (nSPS) is 10.7. The second-order valence-electron chi connectivity index (χ2n) is 5.59. The van der Waals surface area contributed by atoms with Gasteiger partial charge in [-0.3, -0.25) is 10.1 Å². The third-order valence-corrected chi connectivity index (χ3v) is 3.83. The Labute approximate surface area is 139 Å². The van der Waals surface area contributed by atoms with E-state index in [2.05, 4.69) is 29.4 Å². The van der Waals surface area contributed by atoms with Crippen LogP contribution in [-0.2, 0) is 11.2 Å². The Morgan fingerprint density at radius 2 is 2.09 bits per heavy atom. The largest absolute Gasteiger partial charge is 0.493 e. The van der Waals surface area contributed by atoms with Crippen molar-refractivity contribution in [2.24, 2.45) is 5.92 Å². The molecule has 1 aromatic heterocycles. The van der Waals surface area contributed by atoms with Gasteiger partial charge in [-0.05, 0) is 30.5 Å². The fourth-order valence-electron chi connectivity index (χ4n) is 1.93. The maximum atomic E-state index is 11.9. The minimum Gasteiger partial charge on any atom is -0.493 e. The summed E-state index contributed by atoms with van der Waals surface area (Å²) in [6, 6.07) is 5.54. The lowest BCUT2D eigenvalue weighted by atomic mass is 10.1. The van der Waals surface area contributed by atoms with E-state index in [0.717, 1.165) is 17.0 Å². The van der Waals surface area contributed by atoms with E-state index in [1.165, 1.54) is 11.3 Å². The van der Waals surface area contributed by atoms with E-state index in [-0.39, 0.29) is 12.5 Å². The molecule has 0 saturated heterocycles. The van der Waals surface area contributed by atoms with E-state index in [1.807, 2.05) is 19.1 Å². The predicted octanol–water partition coefficient (Wildman–Crippen LogP) is 3.07. The number of methoxy groups -OCH3 is 1. The van der Waals surface area contributed by atoms with Gasteiger partial charge in [0.25, 0.3) is 5.91 Å². The molecule has 0 unspecified atom stereocenters. The van der Waals surface area contributed by atoms with E-state index >= 15 is 0 Å². The SMILES string of the molecule is COc1cc(C)ccc1OCC(=O)Nc1nnc(CC(C)C)s1. The summed E-state index contributed by atoms with van der Waals surface area (Å²) in [5.74, 6) is 1.36. The first-order chi connectivity index (χ1) is 11.0. The molecule has 0 atom stereocenters. The van der Waals surface area contributed by atoms with Crippen molar-refractivity contribution < 1.29 is 14.3 Å². The Morgan fingerprint density at radius 3 is 2.78 bits per heavy atom. The number of ether oxygens (including phenoxy) is 2. The number of nitrogens with zero attached hydrogens (tertiary/aromatic N) is 2. The summed E-state index contributed by atoms with van der Waals surface area (Å²) in [5.41, 5.74) is 1.06. The van der Waals surface area contributed by atoms with E-state index < -0.39 is 0 Å². The molecule has 1 aromatic carbocycles. The molecule has 1 heterocycles. The van der Waals surface area contributed by atoms with Crippen molar-refractivity contribution >= 4 is 22.4 Å². The number of carbonyl (C=O) groups is 1. The zero-order valence-electron chi connectivity index (χ0n) is 13.8. The standard InChI is InChI=1S/C16H21N3O3S/c1-10(2)7-15-18-19-16(23-15)17-14(20)9-22-12-6-5-11(3)8-13(12)21-4/h5-6,8,10H,7,9H2,1-4H3,(H,17,19,20). The smallest absolute Gasteiger partial charge is 0.264 e. The van der Waals surface area contributed by atoms with Crippen LogP contribution in [0.2, 0.25) is 0 Å². The molecule has 0 spiro atoms. The molecule has 124 valence electrons. The number of nitrogens with one attached hydrogen (secondary N) is 1.